The average molecular weight is 379 g/mol. The van der Waals surface area contributed by atoms with E-state index in [9.17, 15) is 0 Å². The third-order valence-electron chi connectivity index (χ3n) is 4.63. The molecule has 4 rings (SSSR count). The molecule has 0 saturated carbocycles. The number of rotatable bonds is 5. The Hall–Kier alpha value is -3.22. The molecule has 3 aromatic rings. The van der Waals surface area contributed by atoms with Crippen molar-refractivity contribution in [3.8, 4) is 11.5 Å². The molecule has 0 aliphatic carbocycles. The number of benzene rings is 2. The zero-order valence-corrected chi connectivity index (χ0v) is 16.0. The Kier molecular flexibility index (Phi) is 5.61. The van der Waals surface area contributed by atoms with Gasteiger partial charge < -0.3 is 24.7 Å². The number of nitrogens with zero attached hydrogens (tertiary/aromatic N) is 3. The normalized spacial score (nSPS) is 14.0. The highest BCUT2D eigenvalue weighted by molar-refractivity contribution is 5.93. The number of hydrogen-bond acceptors (Lipinski definition) is 4. The summed E-state index contributed by atoms with van der Waals surface area (Å²) >= 11 is 0. The van der Waals surface area contributed by atoms with Crippen LogP contribution in [0.3, 0.4) is 0 Å². The average Bonchev–Trinajstić information content (AvgIpc) is 2.99. The largest absolute Gasteiger partial charge is 0.490 e. The van der Waals surface area contributed by atoms with Gasteiger partial charge in [0.15, 0.2) is 17.5 Å². The highest BCUT2D eigenvalue weighted by Crippen LogP contribution is 2.32. The second-order valence-electron chi connectivity index (χ2n) is 6.62. The van der Waals surface area contributed by atoms with Crippen molar-refractivity contribution in [2.24, 2.45) is 4.99 Å². The fourth-order valence-corrected chi connectivity index (χ4v) is 3.20. The summed E-state index contributed by atoms with van der Waals surface area (Å²) in [5.41, 5.74) is 3.11. The minimum absolute atomic E-state index is 0.673. The van der Waals surface area contributed by atoms with E-state index in [0.29, 0.717) is 13.2 Å². The lowest BCUT2D eigenvalue weighted by molar-refractivity contribution is 0.297. The molecule has 0 amide bonds. The molecule has 2 aromatic carbocycles. The third kappa shape index (κ3) is 4.19. The van der Waals surface area contributed by atoms with Gasteiger partial charge in [-0.1, -0.05) is 12.1 Å². The van der Waals surface area contributed by atoms with Gasteiger partial charge >= 0.3 is 0 Å². The third-order valence-corrected chi connectivity index (χ3v) is 4.63. The van der Waals surface area contributed by atoms with E-state index in [1.54, 1.807) is 7.05 Å². The topological polar surface area (TPSA) is 72.7 Å². The van der Waals surface area contributed by atoms with Crippen LogP contribution in [0.5, 0.6) is 11.5 Å². The molecule has 2 heterocycles. The Morgan fingerprint density at radius 1 is 1.14 bits per heavy atom. The number of guanidine groups is 1. The Bertz CT molecular complexity index is 966. The van der Waals surface area contributed by atoms with Crippen LogP contribution in [-0.4, -0.2) is 42.3 Å². The number of anilines is 1. The zero-order valence-electron chi connectivity index (χ0n) is 16.0. The van der Waals surface area contributed by atoms with Crippen molar-refractivity contribution in [2.45, 2.75) is 19.4 Å². The fraction of sp³-hybridized carbons (Fsp3) is 0.333. The van der Waals surface area contributed by atoms with Gasteiger partial charge in [-0.15, -0.1) is 0 Å². The molecular formula is C21H25N5O2. The number of fused-ring (bicyclic) bond motifs is 2. The van der Waals surface area contributed by atoms with Crippen LogP contribution in [0, 0.1) is 0 Å². The van der Waals surface area contributed by atoms with E-state index in [-0.39, 0.29) is 0 Å². The molecule has 146 valence electrons. The first-order valence-corrected chi connectivity index (χ1v) is 9.61. The molecule has 7 nitrogen and oxygen atoms in total. The fourth-order valence-electron chi connectivity index (χ4n) is 3.20. The molecule has 2 N–H and O–H groups in total. The summed E-state index contributed by atoms with van der Waals surface area (Å²) in [6, 6.07) is 14.0. The maximum absolute atomic E-state index is 5.75. The number of ether oxygens (including phenoxy) is 2. The van der Waals surface area contributed by atoms with Crippen molar-refractivity contribution in [1.82, 2.24) is 14.9 Å². The van der Waals surface area contributed by atoms with Gasteiger partial charge in [-0.05, 0) is 30.7 Å². The summed E-state index contributed by atoms with van der Waals surface area (Å²) in [7, 11) is 1.77. The molecule has 0 bridgehead atoms. The van der Waals surface area contributed by atoms with Gasteiger partial charge in [-0.2, -0.15) is 0 Å². The minimum atomic E-state index is 0.673. The van der Waals surface area contributed by atoms with Gasteiger partial charge in [0.2, 0.25) is 0 Å². The lowest BCUT2D eigenvalue weighted by atomic mass is 10.2. The number of aryl methyl sites for hydroxylation is 1. The molecule has 28 heavy (non-hydrogen) atoms. The maximum atomic E-state index is 5.75. The molecule has 1 aliphatic heterocycles. The number of aliphatic imine (C=N–C) groups is 1. The van der Waals surface area contributed by atoms with Crippen LogP contribution in [0.4, 0.5) is 5.69 Å². The number of imidazole rings is 1. The highest BCUT2D eigenvalue weighted by atomic mass is 16.5. The van der Waals surface area contributed by atoms with Crippen LogP contribution in [-0.2, 0) is 6.54 Å². The first-order valence-electron chi connectivity index (χ1n) is 9.61. The first kappa shape index (κ1) is 18.2. The quantitative estimate of drug-likeness (QED) is 0.404. The van der Waals surface area contributed by atoms with Crippen molar-refractivity contribution in [2.75, 3.05) is 32.1 Å². The van der Waals surface area contributed by atoms with Gasteiger partial charge in [0.05, 0.1) is 30.6 Å². The molecule has 0 fully saturated rings. The van der Waals surface area contributed by atoms with E-state index in [2.05, 4.69) is 31.2 Å². The van der Waals surface area contributed by atoms with E-state index in [1.807, 2.05) is 42.7 Å². The Labute approximate surface area is 164 Å². The standard InChI is InChI=1S/C21H25N5O2/c1-22-21(25-16-8-9-19-20(14-16)28-13-5-12-27-19)23-10-4-11-26-15-24-17-6-2-3-7-18(17)26/h2-3,6-9,14-15H,4-5,10-13H2,1H3,(H2,22,23,25). The van der Waals surface area contributed by atoms with Crippen LogP contribution in [0.25, 0.3) is 11.0 Å². The first-order chi connectivity index (χ1) is 13.8. The predicted molar refractivity (Wildman–Crippen MR) is 111 cm³/mol. The van der Waals surface area contributed by atoms with Crippen molar-refractivity contribution in [1.29, 1.82) is 0 Å². The molecule has 7 heteroatoms. The van der Waals surface area contributed by atoms with Gasteiger partial charge in [0, 0.05) is 38.3 Å². The van der Waals surface area contributed by atoms with Gasteiger partial charge in [-0.3, -0.25) is 4.99 Å². The summed E-state index contributed by atoms with van der Waals surface area (Å²) in [5, 5.41) is 6.66. The zero-order chi connectivity index (χ0) is 19.2. The molecule has 0 radical (unpaired) electrons. The van der Waals surface area contributed by atoms with E-state index < -0.39 is 0 Å². The highest BCUT2D eigenvalue weighted by Gasteiger charge is 2.11. The molecular weight excluding hydrogens is 354 g/mol. The summed E-state index contributed by atoms with van der Waals surface area (Å²) < 4.78 is 13.6. The van der Waals surface area contributed by atoms with Crippen molar-refractivity contribution >= 4 is 22.7 Å². The van der Waals surface area contributed by atoms with Crippen LogP contribution in [0.15, 0.2) is 53.8 Å². The number of aromatic nitrogens is 2. The lowest BCUT2D eigenvalue weighted by Crippen LogP contribution is -2.31. The number of para-hydroxylation sites is 2. The molecule has 0 saturated heterocycles. The molecule has 0 spiro atoms. The second-order valence-corrected chi connectivity index (χ2v) is 6.62. The predicted octanol–water partition coefficient (Wildman–Crippen LogP) is 3.28. The Morgan fingerprint density at radius 3 is 2.89 bits per heavy atom. The minimum Gasteiger partial charge on any atom is -0.490 e. The summed E-state index contributed by atoms with van der Waals surface area (Å²) in [4.78, 5) is 8.73. The summed E-state index contributed by atoms with van der Waals surface area (Å²) in [6.45, 7) is 3.06. The maximum Gasteiger partial charge on any atom is 0.195 e. The van der Waals surface area contributed by atoms with Gasteiger partial charge in [0.1, 0.15) is 0 Å². The van der Waals surface area contributed by atoms with Crippen molar-refractivity contribution < 1.29 is 9.47 Å². The van der Waals surface area contributed by atoms with E-state index in [4.69, 9.17) is 9.47 Å². The molecule has 0 atom stereocenters. The van der Waals surface area contributed by atoms with Crippen molar-refractivity contribution in [3.63, 3.8) is 0 Å². The SMILES string of the molecule is CN=C(NCCCn1cnc2ccccc21)Nc1ccc2c(c1)OCCCO2. The molecule has 1 aromatic heterocycles. The molecule has 0 unspecified atom stereocenters. The van der Waals surface area contributed by atoms with Crippen LogP contribution in [0.1, 0.15) is 12.8 Å². The smallest absolute Gasteiger partial charge is 0.195 e. The van der Waals surface area contributed by atoms with Gasteiger partial charge in [0.25, 0.3) is 0 Å². The summed E-state index contributed by atoms with van der Waals surface area (Å²) in [5.74, 6) is 2.29. The van der Waals surface area contributed by atoms with Crippen LogP contribution in [0.2, 0.25) is 0 Å². The number of hydrogen-bond donors (Lipinski definition) is 2. The van der Waals surface area contributed by atoms with E-state index in [0.717, 1.165) is 60.1 Å². The van der Waals surface area contributed by atoms with E-state index in [1.165, 1.54) is 0 Å². The molecule has 1 aliphatic rings. The van der Waals surface area contributed by atoms with Gasteiger partial charge in [-0.25, -0.2) is 4.98 Å². The van der Waals surface area contributed by atoms with Crippen LogP contribution < -0.4 is 20.1 Å². The Morgan fingerprint density at radius 2 is 2.00 bits per heavy atom. The second kappa shape index (κ2) is 8.65. The van der Waals surface area contributed by atoms with E-state index >= 15 is 0 Å². The number of nitrogens with one attached hydrogen (secondary N) is 2. The van der Waals surface area contributed by atoms with Crippen molar-refractivity contribution in [3.05, 3.63) is 48.8 Å². The lowest BCUT2D eigenvalue weighted by Gasteiger charge is -2.14. The summed E-state index contributed by atoms with van der Waals surface area (Å²) in [6.07, 6.45) is 3.75. The monoisotopic (exact) mass is 379 g/mol. The van der Waals surface area contributed by atoms with Crippen LogP contribution >= 0.6 is 0 Å². The Balaban J connectivity index is 1.30.